The van der Waals surface area contributed by atoms with E-state index in [1.165, 1.54) is 6.07 Å². The van der Waals surface area contributed by atoms with Crippen molar-refractivity contribution in [3.63, 3.8) is 0 Å². The molecule has 2 rings (SSSR count). The second kappa shape index (κ2) is 6.80. The molecule has 2 atom stereocenters. The number of hydrogen-bond donors (Lipinski definition) is 2. The summed E-state index contributed by atoms with van der Waals surface area (Å²) in [4.78, 5) is 0. The van der Waals surface area contributed by atoms with Crippen LogP contribution < -0.4 is 5.73 Å². The molecule has 0 aliphatic heterocycles. The molecule has 0 saturated carbocycles. The monoisotopic (exact) mass is 401 g/mol. The SMILES string of the molecule is NCC(c1ccccc1Br)C(O)c1cccc(F)c1Br. The van der Waals surface area contributed by atoms with E-state index >= 15 is 0 Å². The first-order chi connectivity index (χ1) is 9.56. The largest absolute Gasteiger partial charge is 0.388 e. The molecule has 0 heterocycles. The Kier molecular flexibility index (Phi) is 5.32. The molecule has 2 nitrogen and oxygen atoms in total. The molecular formula is C15H14Br2FNO. The standard InChI is InChI=1S/C15H14Br2FNO/c16-12-6-2-1-4-9(12)11(8-19)15(20)10-5-3-7-13(18)14(10)17/h1-7,11,15,20H,8,19H2. The van der Waals surface area contributed by atoms with Crippen LogP contribution >= 0.6 is 31.9 Å². The van der Waals surface area contributed by atoms with Gasteiger partial charge in [0.15, 0.2) is 0 Å². The van der Waals surface area contributed by atoms with Crippen molar-refractivity contribution in [2.75, 3.05) is 6.54 Å². The lowest BCUT2D eigenvalue weighted by molar-refractivity contribution is 0.146. The topological polar surface area (TPSA) is 46.2 Å². The van der Waals surface area contributed by atoms with E-state index < -0.39 is 11.9 Å². The molecule has 5 heteroatoms. The summed E-state index contributed by atoms with van der Waals surface area (Å²) >= 11 is 6.64. The molecule has 106 valence electrons. The Morgan fingerprint density at radius 2 is 1.70 bits per heavy atom. The van der Waals surface area contributed by atoms with E-state index in [4.69, 9.17) is 5.73 Å². The quantitative estimate of drug-likeness (QED) is 0.807. The first kappa shape index (κ1) is 15.6. The second-order valence-corrected chi connectivity index (χ2v) is 6.10. The third-order valence-corrected chi connectivity index (χ3v) is 4.80. The molecule has 2 aromatic rings. The fourth-order valence-corrected chi connectivity index (χ4v) is 3.25. The van der Waals surface area contributed by atoms with Crippen LogP contribution in [0, 0.1) is 5.82 Å². The van der Waals surface area contributed by atoms with Gasteiger partial charge in [0.25, 0.3) is 0 Å². The van der Waals surface area contributed by atoms with E-state index in [1.54, 1.807) is 12.1 Å². The number of benzene rings is 2. The Hall–Kier alpha value is -0.750. The van der Waals surface area contributed by atoms with Crippen molar-refractivity contribution >= 4 is 31.9 Å². The molecule has 0 bridgehead atoms. The van der Waals surface area contributed by atoms with Crippen LogP contribution in [0.3, 0.4) is 0 Å². The zero-order valence-electron chi connectivity index (χ0n) is 10.6. The van der Waals surface area contributed by atoms with Gasteiger partial charge in [0, 0.05) is 16.9 Å². The number of halogens is 3. The molecule has 0 radical (unpaired) electrons. The number of aliphatic hydroxyl groups is 1. The summed E-state index contributed by atoms with van der Waals surface area (Å²) in [6.07, 6.45) is -0.885. The molecule has 0 saturated heterocycles. The van der Waals surface area contributed by atoms with Gasteiger partial charge in [0.2, 0.25) is 0 Å². The van der Waals surface area contributed by atoms with Crippen molar-refractivity contribution in [2.45, 2.75) is 12.0 Å². The van der Waals surface area contributed by atoms with E-state index in [9.17, 15) is 9.50 Å². The highest BCUT2D eigenvalue weighted by molar-refractivity contribution is 9.10. The first-order valence-electron chi connectivity index (χ1n) is 6.12. The Morgan fingerprint density at radius 1 is 1.05 bits per heavy atom. The van der Waals surface area contributed by atoms with Crippen molar-refractivity contribution in [3.8, 4) is 0 Å². The lowest BCUT2D eigenvalue weighted by atomic mass is 9.89. The van der Waals surface area contributed by atoms with Crippen molar-refractivity contribution in [3.05, 3.63) is 68.4 Å². The summed E-state index contributed by atoms with van der Waals surface area (Å²) < 4.78 is 14.7. The molecule has 3 N–H and O–H groups in total. The highest BCUT2D eigenvalue weighted by atomic mass is 79.9. The predicted molar refractivity (Wildman–Crippen MR) is 85.0 cm³/mol. The van der Waals surface area contributed by atoms with Crippen LogP contribution in [-0.2, 0) is 0 Å². The van der Waals surface area contributed by atoms with Crippen LogP contribution in [0.25, 0.3) is 0 Å². The minimum Gasteiger partial charge on any atom is -0.388 e. The summed E-state index contributed by atoms with van der Waals surface area (Å²) in [6, 6.07) is 12.2. The smallest absolute Gasteiger partial charge is 0.137 e. The van der Waals surface area contributed by atoms with Crippen LogP contribution in [-0.4, -0.2) is 11.7 Å². The van der Waals surface area contributed by atoms with Gasteiger partial charge in [-0.25, -0.2) is 4.39 Å². The fraction of sp³-hybridized carbons (Fsp3) is 0.200. The van der Waals surface area contributed by atoms with Crippen LogP contribution in [0.4, 0.5) is 4.39 Å². The second-order valence-electron chi connectivity index (χ2n) is 4.45. The van der Waals surface area contributed by atoms with Gasteiger partial charge in [0.1, 0.15) is 5.82 Å². The highest BCUT2D eigenvalue weighted by Crippen LogP contribution is 2.37. The summed E-state index contributed by atoms with van der Waals surface area (Å²) in [5, 5.41) is 10.6. The van der Waals surface area contributed by atoms with Gasteiger partial charge in [-0.1, -0.05) is 46.3 Å². The predicted octanol–water partition coefficient (Wildman–Crippen LogP) is 4.13. The number of aliphatic hydroxyl groups excluding tert-OH is 1. The van der Waals surface area contributed by atoms with Gasteiger partial charge in [-0.05, 0) is 39.2 Å². The van der Waals surface area contributed by atoms with Crippen molar-refractivity contribution in [1.29, 1.82) is 0 Å². The van der Waals surface area contributed by atoms with Crippen LogP contribution in [0.15, 0.2) is 51.4 Å². The van der Waals surface area contributed by atoms with E-state index in [0.717, 1.165) is 10.0 Å². The van der Waals surface area contributed by atoms with Gasteiger partial charge >= 0.3 is 0 Å². The maximum Gasteiger partial charge on any atom is 0.137 e. The minimum atomic E-state index is -0.885. The third kappa shape index (κ3) is 3.11. The summed E-state index contributed by atoms with van der Waals surface area (Å²) in [7, 11) is 0. The maximum absolute atomic E-state index is 13.6. The van der Waals surface area contributed by atoms with Gasteiger partial charge in [0.05, 0.1) is 10.6 Å². The van der Waals surface area contributed by atoms with Gasteiger partial charge in [-0.2, -0.15) is 0 Å². The van der Waals surface area contributed by atoms with Crippen LogP contribution in [0.2, 0.25) is 0 Å². The lowest BCUT2D eigenvalue weighted by Crippen LogP contribution is -2.21. The Balaban J connectivity index is 2.42. The van der Waals surface area contributed by atoms with Crippen LogP contribution in [0.5, 0.6) is 0 Å². The normalized spacial score (nSPS) is 14.1. The molecule has 20 heavy (non-hydrogen) atoms. The van der Waals surface area contributed by atoms with Gasteiger partial charge < -0.3 is 10.8 Å². The Bertz CT molecular complexity index is 606. The molecule has 2 aromatic carbocycles. The summed E-state index contributed by atoms with van der Waals surface area (Å²) in [5.41, 5.74) is 7.21. The molecule has 0 aliphatic carbocycles. The van der Waals surface area contributed by atoms with E-state index in [2.05, 4.69) is 31.9 Å². The Morgan fingerprint density at radius 3 is 2.35 bits per heavy atom. The number of hydrogen-bond acceptors (Lipinski definition) is 2. The molecular weight excluding hydrogens is 389 g/mol. The number of nitrogens with two attached hydrogens (primary N) is 1. The van der Waals surface area contributed by atoms with Crippen LogP contribution in [0.1, 0.15) is 23.1 Å². The summed E-state index contributed by atoms with van der Waals surface area (Å²) in [6.45, 7) is 0.257. The van der Waals surface area contributed by atoms with Crippen molar-refractivity contribution in [1.82, 2.24) is 0 Å². The van der Waals surface area contributed by atoms with E-state index in [1.807, 2.05) is 24.3 Å². The number of rotatable bonds is 4. The van der Waals surface area contributed by atoms with Gasteiger partial charge in [-0.15, -0.1) is 0 Å². The zero-order chi connectivity index (χ0) is 14.7. The summed E-state index contributed by atoms with van der Waals surface area (Å²) in [5.74, 6) is -0.715. The average Bonchev–Trinajstić information content (AvgIpc) is 2.44. The maximum atomic E-state index is 13.6. The zero-order valence-corrected chi connectivity index (χ0v) is 13.7. The minimum absolute atomic E-state index is 0.257. The first-order valence-corrected chi connectivity index (χ1v) is 7.71. The molecule has 2 unspecified atom stereocenters. The fourth-order valence-electron chi connectivity index (χ4n) is 2.17. The molecule has 0 spiro atoms. The molecule has 0 aromatic heterocycles. The lowest BCUT2D eigenvalue weighted by Gasteiger charge is -2.24. The van der Waals surface area contributed by atoms with E-state index in [-0.39, 0.29) is 16.9 Å². The molecule has 0 fully saturated rings. The average molecular weight is 403 g/mol. The van der Waals surface area contributed by atoms with Crippen molar-refractivity contribution in [2.24, 2.45) is 5.73 Å². The van der Waals surface area contributed by atoms with E-state index in [0.29, 0.717) is 5.56 Å². The Labute approximate surface area is 134 Å². The van der Waals surface area contributed by atoms with Gasteiger partial charge in [-0.3, -0.25) is 0 Å². The third-order valence-electron chi connectivity index (χ3n) is 3.24. The molecule has 0 amide bonds. The molecule has 0 aliphatic rings. The highest BCUT2D eigenvalue weighted by Gasteiger charge is 2.25. The van der Waals surface area contributed by atoms with Crippen molar-refractivity contribution < 1.29 is 9.50 Å².